The Hall–Kier alpha value is -1.31. The molecule has 0 aliphatic carbocycles. The molecule has 2 amide bonds. The normalized spacial score (nSPS) is 23.4. The average molecular weight is 444 g/mol. The molecule has 1 aliphatic rings. The van der Waals surface area contributed by atoms with Crippen molar-refractivity contribution in [2.75, 3.05) is 5.32 Å². The summed E-state index contributed by atoms with van der Waals surface area (Å²) in [7, 11) is -3.95. The van der Waals surface area contributed by atoms with Gasteiger partial charge < -0.3 is 5.32 Å². The quantitative estimate of drug-likeness (QED) is 0.633. The van der Waals surface area contributed by atoms with E-state index in [1.165, 1.54) is 4.31 Å². The molecule has 8 heteroatoms. The Bertz CT molecular complexity index is 814. The van der Waals surface area contributed by atoms with Crippen molar-refractivity contribution in [1.82, 2.24) is 9.03 Å². The van der Waals surface area contributed by atoms with Crippen molar-refractivity contribution >= 4 is 33.5 Å². The molecule has 29 heavy (non-hydrogen) atoms. The van der Waals surface area contributed by atoms with Crippen molar-refractivity contribution in [2.45, 2.75) is 85.2 Å². The van der Waals surface area contributed by atoms with Crippen LogP contribution >= 0.6 is 11.6 Å². The number of halogens is 1. The topological polar surface area (TPSA) is 78.5 Å². The molecule has 1 fully saturated rings. The second kappa shape index (κ2) is 9.23. The largest absolute Gasteiger partial charge is 0.333 e. The lowest BCUT2D eigenvalue weighted by Crippen LogP contribution is -2.55. The number of piperidine rings is 1. The minimum atomic E-state index is -3.95. The van der Waals surface area contributed by atoms with Crippen LogP contribution in [0.25, 0.3) is 0 Å². The van der Waals surface area contributed by atoms with Gasteiger partial charge in [0.25, 0.3) is 0 Å². The van der Waals surface area contributed by atoms with Crippen LogP contribution in [0.3, 0.4) is 0 Å². The first-order valence-electron chi connectivity index (χ1n) is 10.3. The number of anilines is 1. The monoisotopic (exact) mass is 443 g/mol. The summed E-state index contributed by atoms with van der Waals surface area (Å²) in [5, 5.41) is 3.39. The summed E-state index contributed by atoms with van der Waals surface area (Å²) >= 11 is 6.27. The standard InChI is InChI=1S/C21H34ClN3O3S/c1-12(2)18-10-17(22)11-19(13(3)4)20(18)23-21(26)24-29(27,28)25-15(6)8-14(5)9-16(25)7/h10-16H,8-9H2,1-7H3,(H2,23,24,26). The number of nitrogens with one attached hydrogen (secondary N) is 2. The molecule has 2 atom stereocenters. The van der Waals surface area contributed by atoms with Crippen molar-refractivity contribution in [3.8, 4) is 0 Å². The minimum absolute atomic E-state index is 0.113. The third-order valence-corrected chi connectivity index (χ3v) is 7.44. The van der Waals surface area contributed by atoms with E-state index in [0.29, 0.717) is 16.6 Å². The number of benzene rings is 1. The predicted octanol–water partition coefficient (Wildman–Crippen LogP) is 5.46. The molecule has 2 N–H and O–H groups in total. The van der Waals surface area contributed by atoms with Crippen LogP contribution in [0.2, 0.25) is 5.02 Å². The van der Waals surface area contributed by atoms with E-state index in [4.69, 9.17) is 11.6 Å². The maximum absolute atomic E-state index is 12.9. The molecule has 1 aromatic carbocycles. The van der Waals surface area contributed by atoms with E-state index in [9.17, 15) is 13.2 Å². The number of urea groups is 1. The molecule has 6 nitrogen and oxygen atoms in total. The smallest absolute Gasteiger partial charge is 0.307 e. The van der Waals surface area contributed by atoms with E-state index in [1.54, 1.807) is 0 Å². The number of rotatable bonds is 5. The van der Waals surface area contributed by atoms with Gasteiger partial charge in [0.15, 0.2) is 0 Å². The lowest BCUT2D eigenvalue weighted by Gasteiger charge is -2.40. The maximum Gasteiger partial charge on any atom is 0.333 e. The fourth-order valence-corrected chi connectivity index (χ4v) is 6.14. The average Bonchev–Trinajstić information content (AvgIpc) is 2.53. The molecule has 0 spiro atoms. The summed E-state index contributed by atoms with van der Waals surface area (Å²) < 4.78 is 29.5. The molecule has 1 aromatic rings. The molecule has 1 heterocycles. The molecule has 0 saturated carbocycles. The minimum Gasteiger partial charge on any atom is -0.307 e. The third-order valence-electron chi connectivity index (χ3n) is 5.50. The SMILES string of the molecule is CC1CC(C)N(S(=O)(=O)NC(=O)Nc2c(C(C)C)cc(Cl)cc2C(C)C)C(C)C1. The summed E-state index contributed by atoms with van der Waals surface area (Å²) in [5.74, 6) is 0.681. The highest BCUT2D eigenvalue weighted by molar-refractivity contribution is 7.87. The first-order valence-corrected chi connectivity index (χ1v) is 12.1. The summed E-state index contributed by atoms with van der Waals surface area (Å²) in [5.41, 5.74) is 2.38. The Morgan fingerprint density at radius 1 is 1.03 bits per heavy atom. The van der Waals surface area contributed by atoms with Crippen molar-refractivity contribution in [2.24, 2.45) is 5.92 Å². The molecule has 0 bridgehead atoms. The number of carbonyl (C=O) groups is 1. The van der Waals surface area contributed by atoms with Gasteiger partial charge in [-0.25, -0.2) is 9.52 Å². The van der Waals surface area contributed by atoms with E-state index in [2.05, 4.69) is 17.0 Å². The van der Waals surface area contributed by atoms with Gasteiger partial charge in [0.2, 0.25) is 0 Å². The van der Waals surface area contributed by atoms with Crippen LogP contribution in [0.5, 0.6) is 0 Å². The van der Waals surface area contributed by atoms with Gasteiger partial charge in [0.05, 0.1) is 0 Å². The highest BCUT2D eigenvalue weighted by Gasteiger charge is 2.38. The van der Waals surface area contributed by atoms with E-state index in [-0.39, 0.29) is 23.9 Å². The van der Waals surface area contributed by atoms with E-state index in [0.717, 1.165) is 24.0 Å². The first-order chi connectivity index (χ1) is 13.3. The van der Waals surface area contributed by atoms with Crippen LogP contribution in [0.15, 0.2) is 12.1 Å². The Labute approximate surface area is 180 Å². The molecule has 0 radical (unpaired) electrons. The van der Waals surface area contributed by atoms with Gasteiger partial charge in [-0.15, -0.1) is 0 Å². The highest BCUT2D eigenvalue weighted by atomic mass is 35.5. The van der Waals surface area contributed by atoms with E-state index >= 15 is 0 Å². The zero-order valence-corrected chi connectivity index (χ0v) is 20.0. The molecule has 2 rings (SSSR count). The van der Waals surface area contributed by atoms with Crippen molar-refractivity contribution in [1.29, 1.82) is 0 Å². The molecular formula is C21H34ClN3O3S. The lowest BCUT2D eigenvalue weighted by molar-refractivity contribution is 0.161. The molecule has 2 unspecified atom stereocenters. The zero-order valence-electron chi connectivity index (χ0n) is 18.4. The van der Waals surface area contributed by atoms with E-state index in [1.807, 2.05) is 53.7 Å². The Kier molecular flexibility index (Phi) is 7.63. The first kappa shape index (κ1) is 24.0. The van der Waals surface area contributed by atoms with Crippen LogP contribution < -0.4 is 10.0 Å². The van der Waals surface area contributed by atoms with Gasteiger partial charge >= 0.3 is 16.2 Å². The Morgan fingerprint density at radius 2 is 1.48 bits per heavy atom. The van der Waals surface area contributed by atoms with Crippen molar-refractivity contribution < 1.29 is 13.2 Å². The number of amides is 2. The summed E-state index contributed by atoms with van der Waals surface area (Å²) in [6.45, 7) is 13.9. The molecule has 1 saturated heterocycles. The van der Waals surface area contributed by atoms with Crippen molar-refractivity contribution in [3.63, 3.8) is 0 Å². The van der Waals surface area contributed by atoms with Crippen LogP contribution in [-0.2, 0) is 10.2 Å². The Balaban J connectivity index is 2.29. The van der Waals surface area contributed by atoms with Gasteiger partial charge in [-0.05, 0) is 67.7 Å². The number of hydrogen-bond donors (Lipinski definition) is 2. The highest BCUT2D eigenvalue weighted by Crippen LogP contribution is 2.35. The van der Waals surface area contributed by atoms with Gasteiger partial charge in [-0.2, -0.15) is 12.7 Å². The van der Waals surface area contributed by atoms with Gasteiger partial charge in [-0.1, -0.05) is 46.2 Å². The molecule has 164 valence electrons. The zero-order chi connectivity index (χ0) is 22.1. The predicted molar refractivity (Wildman–Crippen MR) is 120 cm³/mol. The third kappa shape index (κ3) is 5.64. The second-order valence-electron chi connectivity index (χ2n) is 8.93. The van der Waals surface area contributed by atoms with Gasteiger partial charge in [-0.3, -0.25) is 0 Å². The molecule has 1 aliphatic heterocycles. The fourth-order valence-electron chi connectivity index (χ4n) is 4.39. The summed E-state index contributed by atoms with van der Waals surface area (Å²) in [6.07, 6.45) is 1.55. The fraction of sp³-hybridized carbons (Fsp3) is 0.667. The summed E-state index contributed by atoms with van der Waals surface area (Å²) in [4.78, 5) is 12.7. The van der Waals surface area contributed by atoms with Gasteiger partial charge in [0.1, 0.15) is 0 Å². The molecule has 0 aromatic heterocycles. The summed E-state index contributed by atoms with van der Waals surface area (Å²) in [6, 6.07) is 2.56. The van der Waals surface area contributed by atoms with Crippen LogP contribution in [-0.4, -0.2) is 30.8 Å². The van der Waals surface area contributed by atoms with Gasteiger partial charge in [0, 0.05) is 22.8 Å². The van der Waals surface area contributed by atoms with E-state index < -0.39 is 16.2 Å². The maximum atomic E-state index is 12.9. The lowest BCUT2D eigenvalue weighted by atomic mass is 9.91. The second-order valence-corrected chi connectivity index (χ2v) is 10.9. The number of nitrogens with zero attached hydrogens (tertiary/aromatic N) is 1. The van der Waals surface area contributed by atoms with Crippen LogP contribution in [0, 0.1) is 5.92 Å². The number of carbonyl (C=O) groups excluding carboxylic acids is 1. The number of hydrogen-bond acceptors (Lipinski definition) is 3. The van der Waals surface area contributed by atoms with Crippen LogP contribution in [0.4, 0.5) is 10.5 Å². The van der Waals surface area contributed by atoms with Crippen molar-refractivity contribution in [3.05, 3.63) is 28.3 Å². The van der Waals surface area contributed by atoms with Crippen LogP contribution in [0.1, 0.15) is 84.3 Å². The molecular weight excluding hydrogens is 410 g/mol. The Morgan fingerprint density at radius 3 is 1.90 bits per heavy atom.